The number of hydrogen-bond donors (Lipinski definition) is 3. The van der Waals surface area contributed by atoms with E-state index in [1.54, 1.807) is 7.11 Å². The Kier molecular flexibility index (Phi) is 9.78. The number of methoxy groups -OCH3 is 1. The first-order chi connectivity index (χ1) is 13.6. The molecule has 0 aromatic heterocycles. The van der Waals surface area contributed by atoms with Crippen LogP contribution in [0, 0.1) is 0 Å². The third kappa shape index (κ3) is 7.18. The van der Waals surface area contributed by atoms with Gasteiger partial charge in [-0.15, -0.1) is 24.0 Å². The minimum atomic E-state index is -0.750. The molecule has 3 rings (SSSR count). The van der Waals surface area contributed by atoms with E-state index in [-0.39, 0.29) is 24.0 Å². The van der Waals surface area contributed by atoms with E-state index < -0.39 is 5.60 Å². The Morgan fingerprint density at radius 1 is 1.38 bits per heavy atom. The Morgan fingerprint density at radius 3 is 2.90 bits per heavy atom. The second-order valence-corrected chi connectivity index (χ2v) is 7.66. The van der Waals surface area contributed by atoms with Gasteiger partial charge in [0.25, 0.3) is 0 Å². The molecule has 1 aromatic carbocycles. The zero-order valence-corrected chi connectivity index (χ0v) is 19.9. The molecule has 1 atom stereocenters. The zero-order chi connectivity index (χ0) is 19.8. The highest BCUT2D eigenvalue weighted by Gasteiger charge is 2.30. The van der Waals surface area contributed by atoms with Crippen LogP contribution in [0.5, 0.6) is 5.75 Å². The standard InChI is InChI=1S/C21H34N4O3.HI/c1-3-22-20(23-16-21(26)9-12-28-13-10-21)24-17-6-5-11-25(15-17)18-7-4-8-19(14-18)27-2;/h4,7-8,14,17,26H,3,5-6,9-13,15-16H2,1-2H3,(H2,22,23,24);1H. The Bertz CT molecular complexity index is 653. The topological polar surface area (TPSA) is 78.4 Å². The summed E-state index contributed by atoms with van der Waals surface area (Å²) in [6, 6.07) is 8.53. The Balaban J connectivity index is 0.00000300. The quantitative estimate of drug-likeness (QED) is 0.305. The molecule has 0 radical (unpaired) electrons. The molecule has 29 heavy (non-hydrogen) atoms. The summed E-state index contributed by atoms with van der Waals surface area (Å²) in [6.45, 7) is 6.41. The van der Waals surface area contributed by atoms with E-state index in [1.165, 1.54) is 5.69 Å². The largest absolute Gasteiger partial charge is 0.497 e. The molecule has 7 nitrogen and oxygen atoms in total. The normalized spacial score (nSPS) is 21.8. The van der Waals surface area contributed by atoms with Gasteiger partial charge in [-0.1, -0.05) is 6.07 Å². The molecule has 0 saturated carbocycles. The van der Waals surface area contributed by atoms with Gasteiger partial charge in [0.05, 0.1) is 19.3 Å². The minimum absolute atomic E-state index is 0. The summed E-state index contributed by atoms with van der Waals surface area (Å²) in [5.41, 5.74) is 0.434. The number of halogens is 1. The number of rotatable bonds is 6. The van der Waals surface area contributed by atoms with Crippen molar-refractivity contribution in [3.8, 4) is 5.75 Å². The van der Waals surface area contributed by atoms with Crippen LogP contribution in [-0.2, 0) is 4.74 Å². The molecular weight excluding hydrogens is 483 g/mol. The lowest BCUT2D eigenvalue weighted by Gasteiger charge is -2.36. The summed E-state index contributed by atoms with van der Waals surface area (Å²) in [7, 11) is 1.70. The molecule has 0 spiro atoms. The lowest BCUT2D eigenvalue weighted by atomic mass is 9.95. The van der Waals surface area contributed by atoms with Crippen LogP contribution in [0.1, 0.15) is 32.6 Å². The summed E-state index contributed by atoms with van der Waals surface area (Å²) < 4.78 is 10.7. The van der Waals surface area contributed by atoms with Crippen molar-refractivity contribution in [2.75, 3.05) is 51.4 Å². The van der Waals surface area contributed by atoms with Crippen molar-refractivity contribution < 1.29 is 14.6 Å². The van der Waals surface area contributed by atoms with Crippen molar-refractivity contribution in [2.45, 2.75) is 44.2 Å². The fourth-order valence-corrected chi connectivity index (χ4v) is 3.79. The Labute approximate surface area is 191 Å². The molecule has 164 valence electrons. The van der Waals surface area contributed by atoms with Crippen molar-refractivity contribution in [3.05, 3.63) is 24.3 Å². The Hall–Kier alpha value is -1.26. The molecule has 2 aliphatic rings. The second-order valence-electron chi connectivity index (χ2n) is 7.66. The molecule has 0 amide bonds. The van der Waals surface area contributed by atoms with Crippen molar-refractivity contribution in [2.24, 2.45) is 4.99 Å². The number of anilines is 1. The van der Waals surface area contributed by atoms with Gasteiger partial charge in [-0.25, -0.2) is 0 Å². The number of hydrogen-bond acceptors (Lipinski definition) is 5. The van der Waals surface area contributed by atoms with Gasteiger partial charge >= 0.3 is 0 Å². The average Bonchev–Trinajstić information content (AvgIpc) is 2.73. The maximum atomic E-state index is 10.7. The molecule has 1 unspecified atom stereocenters. The lowest BCUT2D eigenvalue weighted by molar-refractivity contribution is -0.0566. The number of ether oxygens (including phenoxy) is 2. The third-order valence-electron chi connectivity index (χ3n) is 5.48. The number of aliphatic imine (C=N–C) groups is 1. The predicted octanol–water partition coefficient (Wildman–Crippen LogP) is 2.38. The molecule has 8 heteroatoms. The van der Waals surface area contributed by atoms with Gasteiger partial charge < -0.3 is 30.1 Å². The third-order valence-corrected chi connectivity index (χ3v) is 5.48. The van der Waals surface area contributed by atoms with E-state index in [2.05, 4.69) is 39.6 Å². The van der Waals surface area contributed by atoms with E-state index in [4.69, 9.17) is 9.47 Å². The van der Waals surface area contributed by atoms with Crippen LogP contribution in [0.15, 0.2) is 29.3 Å². The van der Waals surface area contributed by atoms with Crippen molar-refractivity contribution in [1.82, 2.24) is 10.6 Å². The highest BCUT2D eigenvalue weighted by atomic mass is 127. The first kappa shape index (κ1) is 24.0. The van der Waals surface area contributed by atoms with Crippen LogP contribution in [-0.4, -0.2) is 69.2 Å². The zero-order valence-electron chi connectivity index (χ0n) is 17.5. The molecule has 2 fully saturated rings. The Morgan fingerprint density at radius 2 is 2.17 bits per heavy atom. The molecule has 2 aliphatic heterocycles. The summed E-state index contributed by atoms with van der Waals surface area (Å²) in [4.78, 5) is 7.07. The van der Waals surface area contributed by atoms with Crippen LogP contribution >= 0.6 is 24.0 Å². The van der Waals surface area contributed by atoms with E-state index in [0.717, 1.165) is 44.2 Å². The summed E-state index contributed by atoms with van der Waals surface area (Å²) in [5, 5.41) is 17.6. The van der Waals surface area contributed by atoms with E-state index in [9.17, 15) is 5.11 Å². The van der Waals surface area contributed by atoms with Crippen molar-refractivity contribution in [3.63, 3.8) is 0 Å². The molecule has 2 heterocycles. The van der Waals surface area contributed by atoms with Gasteiger partial charge in [0.1, 0.15) is 5.75 Å². The summed E-state index contributed by atoms with van der Waals surface area (Å²) in [6.07, 6.45) is 3.50. The summed E-state index contributed by atoms with van der Waals surface area (Å²) in [5.74, 6) is 1.66. The number of piperidine rings is 1. The number of benzene rings is 1. The van der Waals surface area contributed by atoms with Gasteiger partial charge in [-0.3, -0.25) is 4.99 Å². The van der Waals surface area contributed by atoms with Crippen LogP contribution in [0.2, 0.25) is 0 Å². The predicted molar refractivity (Wildman–Crippen MR) is 128 cm³/mol. The van der Waals surface area contributed by atoms with E-state index >= 15 is 0 Å². The minimum Gasteiger partial charge on any atom is -0.497 e. The van der Waals surface area contributed by atoms with E-state index in [1.807, 2.05) is 12.1 Å². The maximum Gasteiger partial charge on any atom is 0.191 e. The lowest BCUT2D eigenvalue weighted by Crippen LogP contribution is -2.52. The monoisotopic (exact) mass is 518 g/mol. The number of nitrogens with one attached hydrogen (secondary N) is 2. The smallest absolute Gasteiger partial charge is 0.191 e. The van der Waals surface area contributed by atoms with Gasteiger partial charge in [-0.05, 0) is 31.9 Å². The molecule has 3 N–H and O–H groups in total. The van der Waals surface area contributed by atoms with Gasteiger partial charge in [0.15, 0.2) is 5.96 Å². The van der Waals surface area contributed by atoms with Crippen LogP contribution in [0.25, 0.3) is 0 Å². The van der Waals surface area contributed by atoms with Gasteiger partial charge in [-0.2, -0.15) is 0 Å². The number of guanidine groups is 1. The average molecular weight is 518 g/mol. The highest BCUT2D eigenvalue weighted by molar-refractivity contribution is 14.0. The SMILES string of the molecule is CCNC(=NCC1(O)CCOCC1)NC1CCCN(c2cccc(OC)c2)C1.I. The molecule has 1 aromatic rings. The van der Waals surface area contributed by atoms with Gasteiger partial charge in [0.2, 0.25) is 0 Å². The fourth-order valence-electron chi connectivity index (χ4n) is 3.79. The van der Waals surface area contributed by atoms with Crippen molar-refractivity contribution in [1.29, 1.82) is 0 Å². The maximum absolute atomic E-state index is 10.7. The second kappa shape index (κ2) is 11.8. The van der Waals surface area contributed by atoms with E-state index in [0.29, 0.717) is 38.6 Å². The molecular formula is C21H35IN4O3. The van der Waals surface area contributed by atoms with Crippen LogP contribution in [0.3, 0.4) is 0 Å². The van der Waals surface area contributed by atoms with Gasteiger partial charge in [0, 0.05) is 63.5 Å². The molecule has 0 bridgehead atoms. The highest BCUT2D eigenvalue weighted by Crippen LogP contribution is 2.24. The first-order valence-corrected chi connectivity index (χ1v) is 10.4. The first-order valence-electron chi connectivity index (χ1n) is 10.4. The van der Waals surface area contributed by atoms with Crippen molar-refractivity contribution >= 4 is 35.6 Å². The van der Waals surface area contributed by atoms with Crippen LogP contribution < -0.4 is 20.3 Å². The van der Waals surface area contributed by atoms with Crippen LogP contribution in [0.4, 0.5) is 5.69 Å². The number of aliphatic hydroxyl groups is 1. The molecule has 0 aliphatic carbocycles. The number of nitrogens with zero attached hydrogens (tertiary/aromatic N) is 2. The fraction of sp³-hybridized carbons (Fsp3) is 0.667. The summed E-state index contributed by atoms with van der Waals surface area (Å²) >= 11 is 0. The molecule has 2 saturated heterocycles.